The first kappa shape index (κ1) is 20.9. The Labute approximate surface area is 188 Å². The Hall–Kier alpha value is -2.93. The quantitative estimate of drug-likeness (QED) is 0.631. The van der Waals surface area contributed by atoms with Crippen LogP contribution in [0.3, 0.4) is 0 Å². The molecule has 32 heavy (non-hydrogen) atoms. The summed E-state index contributed by atoms with van der Waals surface area (Å²) >= 11 is 0. The molecule has 1 aromatic heterocycles. The van der Waals surface area contributed by atoms with Crippen molar-refractivity contribution < 1.29 is 9.18 Å². The number of rotatable bonds is 4. The number of piperidine rings is 1. The molecule has 0 radical (unpaired) electrons. The lowest BCUT2D eigenvalue weighted by Gasteiger charge is -2.39. The summed E-state index contributed by atoms with van der Waals surface area (Å²) in [5.74, 6) is 1.11. The summed E-state index contributed by atoms with van der Waals surface area (Å²) in [6.45, 7) is 5.16. The minimum absolute atomic E-state index is 0.0263. The maximum Gasteiger partial charge on any atom is 0.227 e. The van der Waals surface area contributed by atoms with E-state index in [2.05, 4.69) is 22.6 Å². The number of hydrogen-bond donors (Lipinski definition) is 0. The van der Waals surface area contributed by atoms with Crippen LogP contribution in [0.4, 0.5) is 10.1 Å². The lowest BCUT2D eigenvalue weighted by molar-refractivity contribution is -0.137. The number of likely N-dealkylation sites (tertiary alicyclic amines) is 1. The number of aryl methyl sites for hydroxylation is 1. The SMILES string of the molecule is Cn1c(CN2CCC[C@H](C(=O)N3CCN(c4ccccc4F)CC3)C2)nc2ccccc21. The molecule has 0 unspecified atom stereocenters. The second kappa shape index (κ2) is 8.90. The molecule has 1 amide bonds. The Kier molecular flexibility index (Phi) is 5.83. The van der Waals surface area contributed by atoms with Gasteiger partial charge in [0.2, 0.25) is 5.91 Å². The van der Waals surface area contributed by atoms with E-state index < -0.39 is 0 Å². The van der Waals surface area contributed by atoms with Crippen molar-refractivity contribution >= 4 is 22.6 Å². The van der Waals surface area contributed by atoms with E-state index in [1.165, 1.54) is 6.07 Å². The molecule has 2 saturated heterocycles. The summed E-state index contributed by atoms with van der Waals surface area (Å²) in [5.41, 5.74) is 2.79. The van der Waals surface area contributed by atoms with Crippen LogP contribution in [0.25, 0.3) is 11.0 Å². The first-order valence-electron chi connectivity index (χ1n) is 11.5. The highest BCUT2D eigenvalue weighted by atomic mass is 19.1. The zero-order valence-corrected chi connectivity index (χ0v) is 18.6. The fourth-order valence-electron chi connectivity index (χ4n) is 5.07. The van der Waals surface area contributed by atoms with Crippen molar-refractivity contribution in [2.75, 3.05) is 44.2 Å². The van der Waals surface area contributed by atoms with Crippen LogP contribution in [0.2, 0.25) is 0 Å². The molecular weight excluding hydrogens is 405 g/mol. The van der Waals surface area contributed by atoms with Crippen LogP contribution in [0.5, 0.6) is 0 Å². The van der Waals surface area contributed by atoms with E-state index in [0.29, 0.717) is 31.9 Å². The molecule has 0 aliphatic carbocycles. The Morgan fingerprint density at radius 3 is 2.56 bits per heavy atom. The minimum Gasteiger partial charge on any atom is -0.366 e. The van der Waals surface area contributed by atoms with Crippen molar-refractivity contribution in [1.82, 2.24) is 19.4 Å². The summed E-state index contributed by atoms with van der Waals surface area (Å²) in [6, 6.07) is 15.1. The number of imidazole rings is 1. The molecule has 2 aliphatic rings. The van der Waals surface area contributed by atoms with Gasteiger partial charge in [-0.25, -0.2) is 9.37 Å². The number of piperazine rings is 1. The number of halogens is 1. The first-order valence-corrected chi connectivity index (χ1v) is 11.5. The molecule has 0 bridgehead atoms. The van der Waals surface area contributed by atoms with E-state index in [1.807, 2.05) is 40.1 Å². The molecule has 3 aromatic rings. The number of nitrogens with zero attached hydrogens (tertiary/aromatic N) is 5. The molecule has 0 saturated carbocycles. The average Bonchev–Trinajstić information content (AvgIpc) is 3.14. The molecular formula is C25H30FN5O. The number of anilines is 1. The van der Waals surface area contributed by atoms with Crippen molar-refractivity contribution in [2.45, 2.75) is 19.4 Å². The molecule has 3 heterocycles. The molecule has 2 aromatic carbocycles. The predicted molar refractivity (Wildman–Crippen MR) is 124 cm³/mol. The van der Waals surface area contributed by atoms with Gasteiger partial charge in [-0.1, -0.05) is 24.3 Å². The minimum atomic E-state index is -0.197. The van der Waals surface area contributed by atoms with Gasteiger partial charge in [-0.3, -0.25) is 9.69 Å². The average molecular weight is 436 g/mol. The molecule has 2 fully saturated rings. The molecule has 5 rings (SSSR count). The number of hydrogen-bond acceptors (Lipinski definition) is 4. The summed E-state index contributed by atoms with van der Waals surface area (Å²) in [5, 5.41) is 0. The number of para-hydroxylation sites is 3. The van der Waals surface area contributed by atoms with Gasteiger partial charge in [0, 0.05) is 39.8 Å². The summed E-state index contributed by atoms with van der Waals surface area (Å²) in [7, 11) is 2.06. The highest BCUT2D eigenvalue weighted by Crippen LogP contribution is 2.24. The van der Waals surface area contributed by atoms with Crippen LogP contribution in [-0.2, 0) is 18.4 Å². The van der Waals surface area contributed by atoms with Gasteiger partial charge in [0.05, 0.1) is 29.2 Å². The van der Waals surface area contributed by atoms with Crippen LogP contribution in [0.15, 0.2) is 48.5 Å². The van der Waals surface area contributed by atoms with Crippen molar-refractivity contribution in [3.63, 3.8) is 0 Å². The van der Waals surface area contributed by atoms with Gasteiger partial charge in [-0.15, -0.1) is 0 Å². The fourth-order valence-corrected chi connectivity index (χ4v) is 5.07. The maximum absolute atomic E-state index is 14.1. The molecule has 0 spiro atoms. The Morgan fingerprint density at radius 2 is 1.78 bits per heavy atom. The number of carbonyl (C=O) groups excluding carboxylic acids is 1. The van der Waals surface area contributed by atoms with Crippen molar-refractivity contribution in [3.05, 3.63) is 60.2 Å². The topological polar surface area (TPSA) is 44.6 Å². The number of benzene rings is 2. The fraction of sp³-hybridized carbons (Fsp3) is 0.440. The Balaban J connectivity index is 1.19. The smallest absolute Gasteiger partial charge is 0.227 e. The lowest BCUT2D eigenvalue weighted by atomic mass is 9.96. The van der Waals surface area contributed by atoms with E-state index >= 15 is 0 Å². The van der Waals surface area contributed by atoms with E-state index in [-0.39, 0.29) is 17.6 Å². The second-order valence-corrected chi connectivity index (χ2v) is 8.91. The maximum atomic E-state index is 14.1. The summed E-state index contributed by atoms with van der Waals surface area (Å²) < 4.78 is 16.3. The standard InChI is InChI=1S/C25H30FN5O/c1-28-23-11-5-3-9-21(23)27-24(28)18-29-12-6-7-19(17-29)25(32)31-15-13-30(14-16-31)22-10-4-2-8-20(22)26/h2-5,8-11,19H,6-7,12-18H2,1H3/t19-/m0/s1. The van der Waals surface area contributed by atoms with Crippen LogP contribution >= 0.6 is 0 Å². The summed E-state index contributed by atoms with van der Waals surface area (Å²) in [4.78, 5) is 24.4. The molecule has 6 nitrogen and oxygen atoms in total. The van der Waals surface area contributed by atoms with Crippen LogP contribution in [0, 0.1) is 11.7 Å². The van der Waals surface area contributed by atoms with Crippen LogP contribution in [0.1, 0.15) is 18.7 Å². The molecule has 0 N–H and O–H groups in total. The number of fused-ring (bicyclic) bond motifs is 1. The van der Waals surface area contributed by atoms with E-state index in [9.17, 15) is 9.18 Å². The van der Waals surface area contributed by atoms with Crippen LogP contribution < -0.4 is 4.90 Å². The van der Waals surface area contributed by atoms with Crippen molar-refractivity contribution in [1.29, 1.82) is 0 Å². The zero-order valence-electron chi connectivity index (χ0n) is 18.6. The third-order valence-electron chi connectivity index (χ3n) is 6.88. The van der Waals surface area contributed by atoms with Gasteiger partial charge in [-0.2, -0.15) is 0 Å². The Bertz CT molecular complexity index is 1100. The normalized spacial score (nSPS) is 20.1. The monoisotopic (exact) mass is 435 g/mol. The highest BCUT2D eigenvalue weighted by molar-refractivity contribution is 5.79. The Morgan fingerprint density at radius 1 is 1.03 bits per heavy atom. The highest BCUT2D eigenvalue weighted by Gasteiger charge is 2.31. The largest absolute Gasteiger partial charge is 0.366 e. The van der Waals surface area contributed by atoms with Crippen molar-refractivity contribution in [3.8, 4) is 0 Å². The summed E-state index contributed by atoms with van der Waals surface area (Å²) in [6.07, 6.45) is 1.96. The predicted octanol–water partition coefficient (Wildman–Crippen LogP) is 3.27. The van der Waals surface area contributed by atoms with E-state index in [1.54, 1.807) is 6.07 Å². The van der Waals surface area contributed by atoms with Crippen LogP contribution in [-0.4, -0.2) is 64.5 Å². The van der Waals surface area contributed by atoms with Gasteiger partial charge < -0.3 is 14.4 Å². The molecule has 2 aliphatic heterocycles. The molecule has 1 atom stereocenters. The van der Waals surface area contributed by atoms with Gasteiger partial charge in [0.1, 0.15) is 11.6 Å². The molecule has 168 valence electrons. The molecule has 7 heteroatoms. The number of carbonyl (C=O) groups is 1. The third kappa shape index (κ3) is 4.09. The number of amides is 1. The van der Waals surface area contributed by atoms with Gasteiger partial charge >= 0.3 is 0 Å². The zero-order chi connectivity index (χ0) is 22.1. The van der Waals surface area contributed by atoms with Gasteiger partial charge in [0.25, 0.3) is 0 Å². The van der Waals surface area contributed by atoms with Crippen molar-refractivity contribution in [2.24, 2.45) is 13.0 Å². The van der Waals surface area contributed by atoms with Gasteiger partial charge in [0.15, 0.2) is 0 Å². The van der Waals surface area contributed by atoms with E-state index in [0.717, 1.165) is 49.3 Å². The number of aromatic nitrogens is 2. The first-order chi connectivity index (χ1) is 15.6. The lowest BCUT2D eigenvalue weighted by Crippen LogP contribution is -2.52. The third-order valence-corrected chi connectivity index (χ3v) is 6.88. The van der Waals surface area contributed by atoms with E-state index in [4.69, 9.17) is 4.98 Å². The van der Waals surface area contributed by atoms with Gasteiger partial charge in [-0.05, 0) is 43.7 Å². The second-order valence-electron chi connectivity index (χ2n) is 8.91.